The molecule has 1 amide bonds. The maximum atomic E-state index is 11.9. The third-order valence-electron chi connectivity index (χ3n) is 3.92. The van der Waals surface area contributed by atoms with Crippen molar-refractivity contribution in [1.82, 2.24) is 10.6 Å². The topological polar surface area (TPSA) is 50.4 Å². The molecular weight excluding hydrogens is 348 g/mol. The van der Waals surface area contributed by atoms with E-state index in [4.69, 9.17) is 16.3 Å². The minimum absolute atomic E-state index is 0.00330. The van der Waals surface area contributed by atoms with Crippen LogP contribution in [0.5, 0.6) is 5.75 Å². The van der Waals surface area contributed by atoms with Crippen molar-refractivity contribution in [2.45, 2.75) is 78.3 Å². The third-order valence-corrected chi connectivity index (χ3v) is 4.15. The van der Waals surface area contributed by atoms with E-state index in [9.17, 15) is 4.79 Å². The van der Waals surface area contributed by atoms with Gasteiger partial charge in [-0.05, 0) is 51.9 Å². The molecule has 26 heavy (non-hydrogen) atoms. The predicted molar refractivity (Wildman–Crippen MR) is 110 cm³/mol. The second kappa shape index (κ2) is 12.2. The van der Waals surface area contributed by atoms with E-state index >= 15 is 0 Å². The van der Waals surface area contributed by atoms with E-state index in [1.165, 1.54) is 38.5 Å². The van der Waals surface area contributed by atoms with Gasteiger partial charge in [-0.3, -0.25) is 4.79 Å². The average Bonchev–Trinajstić information content (AvgIpc) is 2.55. The molecule has 0 bridgehead atoms. The van der Waals surface area contributed by atoms with Gasteiger partial charge in [0.25, 0.3) is 5.91 Å². The summed E-state index contributed by atoms with van der Waals surface area (Å²) < 4.78 is 5.71. The maximum absolute atomic E-state index is 11.9. The first kappa shape index (κ1) is 22.8. The van der Waals surface area contributed by atoms with E-state index in [2.05, 4.69) is 17.6 Å². The lowest BCUT2D eigenvalue weighted by Crippen LogP contribution is -2.43. The van der Waals surface area contributed by atoms with E-state index in [1.54, 1.807) is 6.07 Å². The molecule has 0 aliphatic carbocycles. The summed E-state index contributed by atoms with van der Waals surface area (Å²) in [6, 6.07) is 5.51. The molecule has 1 aromatic rings. The molecule has 2 N–H and O–H groups in total. The normalized spacial score (nSPS) is 11.4. The molecule has 0 atom stereocenters. The van der Waals surface area contributed by atoms with Gasteiger partial charge in [-0.1, -0.05) is 50.6 Å². The smallest absolute Gasteiger partial charge is 0.258 e. The number of hydrogen-bond acceptors (Lipinski definition) is 3. The maximum Gasteiger partial charge on any atom is 0.258 e. The van der Waals surface area contributed by atoms with Gasteiger partial charge in [0.15, 0.2) is 6.61 Å². The van der Waals surface area contributed by atoms with Gasteiger partial charge in [0, 0.05) is 22.7 Å². The number of carbonyl (C=O) groups is 1. The SMILES string of the molecule is CCCCCCCCNCc1cc(Cl)ccc1OCC(=O)NC(C)(C)C. The summed E-state index contributed by atoms with van der Waals surface area (Å²) in [5.74, 6) is 0.576. The van der Waals surface area contributed by atoms with Gasteiger partial charge in [-0.2, -0.15) is 0 Å². The lowest BCUT2D eigenvalue weighted by Gasteiger charge is -2.21. The van der Waals surface area contributed by atoms with Crippen molar-refractivity contribution in [3.8, 4) is 5.75 Å². The average molecular weight is 383 g/mol. The fourth-order valence-electron chi connectivity index (χ4n) is 2.68. The molecule has 4 nitrogen and oxygen atoms in total. The molecule has 0 heterocycles. The Morgan fingerprint density at radius 2 is 1.81 bits per heavy atom. The van der Waals surface area contributed by atoms with Crippen molar-refractivity contribution in [3.05, 3.63) is 28.8 Å². The molecule has 0 unspecified atom stereocenters. The highest BCUT2D eigenvalue weighted by atomic mass is 35.5. The second-order valence-electron chi connectivity index (χ2n) is 7.78. The number of amides is 1. The number of benzene rings is 1. The first-order chi connectivity index (χ1) is 12.3. The Morgan fingerprint density at radius 1 is 1.12 bits per heavy atom. The fourth-order valence-corrected chi connectivity index (χ4v) is 2.87. The summed E-state index contributed by atoms with van der Waals surface area (Å²) in [6.07, 6.45) is 7.69. The molecule has 0 aromatic heterocycles. The molecule has 0 aliphatic rings. The van der Waals surface area contributed by atoms with Crippen molar-refractivity contribution in [2.75, 3.05) is 13.2 Å². The van der Waals surface area contributed by atoms with E-state index in [1.807, 2.05) is 32.9 Å². The monoisotopic (exact) mass is 382 g/mol. The van der Waals surface area contributed by atoms with Crippen LogP contribution in [-0.2, 0) is 11.3 Å². The van der Waals surface area contributed by atoms with Crippen LogP contribution in [0, 0.1) is 0 Å². The molecule has 0 aliphatic heterocycles. The number of rotatable bonds is 12. The van der Waals surface area contributed by atoms with Crippen LogP contribution in [-0.4, -0.2) is 24.6 Å². The zero-order valence-electron chi connectivity index (χ0n) is 16.8. The van der Waals surface area contributed by atoms with Crippen molar-refractivity contribution >= 4 is 17.5 Å². The van der Waals surface area contributed by atoms with Crippen molar-refractivity contribution in [2.24, 2.45) is 0 Å². The predicted octanol–water partition coefficient (Wildman–Crippen LogP) is 5.08. The van der Waals surface area contributed by atoms with Crippen LogP contribution < -0.4 is 15.4 Å². The highest BCUT2D eigenvalue weighted by Crippen LogP contribution is 2.23. The largest absolute Gasteiger partial charge is 0.483 e. The first-order valence-electron chi connectivity index (χ1n) is 9.75. The van der Waals surface area contributed by atoms with Gasteiger partial charge < -0.3 is 15.4 Å². The number of ether oxygens (including phenoxy) is 1. The summed E-state index contributed by atoms with van der Waals surface area (Å²) in [4.78, 5) is 11.9. The molecular formula is C21H35ClN2O2. The van der Waals surface area contributed by atoms with E-state index < -0.39 is 0 Å². The molecule has 5 heteroatoms. The summed E-state index contributed by atoms with van der Waals surface area (Å²) in [5.41, 5.74) is 0.717. The van der Waals surface area contributed by atoms with Crippen LogP contribution in [0.4, 0.5) is 0 Å². The summed E-state index contributed by atoms with van der Waals surface area (Å²) >= 11 is 6.12. The van der Waals surface area contributed by atoms with E-state index in [-0.39, 0.29) is 18.1 Å². The summed E-state index contributed by atoms with van der Waals surface area (Å²) in [6.45, 7) is 9.75. The Kier molecular flexibility index (Phi) is 10.7. The van der Waals surface area contributed by atoms with Crippen LogP contribution in [0.1, 0.15) is 71.8 Å². The van der Waals surface area contributed by atoms with Gasteiger partial charge >= 0.3 is 0 Å². The van der Waals surface area contributed by atoms with Crippen LogP contribution in [0.2, 0.25) is 5.02 Å². The Balaban J connectivity index is 2.40. The summed E-state index contributed by atoms with van der Waals surface area (Å²) in [5, 5.41) is 7.02. The number of hydrogen-bond donors (Lipinski definition) is 2. The van der Waals surface area contributed by atoms with Gasteiger partial charge in [0.1, 0.15) is 5.75 Å². The Bertz CT molecular complexity index is 541. The number of unbranched alkanes of at least 4 members (excludes halogenated alkanes) is 5. The van der Waals surface area contributed by atoms with Crippen molar-refractivity contribution < 1.29 is 9.53 Å². The molecule has 0 radical (unpaired) electrons. The second-order valence-corrected chi connectivity index (χ2v) is 8.22. The highest BCUT2D eigenvalue weighted by Gasteiger charge is 2.14. The van der Waals surface area contributed by atoms with Crippen molar-refractivity contribution in [1.29, 1.82) is 0 Å². The third kappa shape index (κ3) is 10.7. The summed E-state index contributed by atoms with van der Waals surface area (Å²) in [7, 11) is 0. The molecule has 148 valence electrons. The van der Waals surface area contributed by atoms with E-state index in [0.717, 1.165) is 12.1 Å². The quantitative estimate of drug-likeness (QED) is 0.495. The lowest BCUT2D eigenvalue weighted by molar-refractivity contribution is -0.124. The number of carbonyl (C=O) groups excluding carboxylic acids is 1. The van der Waals surface area contributed by atoms with Crippen LogP contribution in [0.3, 0.4) is 0 Å². The highest BCUT2D eigenvalue weighted by molar-refractivity contribution is 6.30. The van der Waals surface area contributed by atoms with Gasteiger partial charge in [0.2, 0.25) is 0 Å². The molecule has 0 saturated heterocycles. The van der Waals surface area contributed by atoms with Crippen LogP contribution in [0.15, 0.2) is 18.2 Å². The Hall–Kier alpha value is -1.26. The molecule has 1 aromatic carbocycles. The first-order valence-corrected chi connectivity index (χ1v) is 10.1. The standard InChI is InChI=1S/C21H35ClN2O2/c1-5-6-7-8-9-10-13-23-15-17-14-18(22)11-12-19(17)26-16-20(25)24-21(2,3)4/h11-12,14,23H,5-10,13,15-16H2,1-4H3,(H,24,25). The van der Waals surface area contributed by atoms with Crippen LogP contribution >= 0.6 is 11.6 Å². The fraction of sp³-hybridized carbons (Fsp3) is 0.667. The molecule has 1 rings (SSSR count). The van der Waals surface area contributed by atoms with Crippen molar-refractivity contribution in [3.63, 3.8) is 0 Å². The zero-order chi connectivity index (χ0) is 19.4. The molecule has 0 fully saturated rings. The molecule has 0 spiro atoms. The molecule has 0 saturated carbocycles. The lowest BCUT2D eigenvalue weighted by atomic mass is 10.1. The Labute approximate surface area is 164 Å². The number of nitrogens with one attached hydrogen (secondary N) is 2. The minimum Gasteiger partial charge on any atom is -0.483 e. The van der Waals surface area contributed by atoms with E-state index in [0.29, 0.717) is 17.3 Å². The zero-order valence-corrected chi connectivity index (χ0v) is 17.5. The number of halogens is 1. The van der Waals surface area contributed by atoms with Gasteiger partial charge in [-0.15, -0.1) is 0 Å². The van der Waals surface area contributed by atoms with Gasteiger partial charge in [-0.25, -0.2) is 0 Å². The van der Waals surface area contributed by atoms with Crippen LogP contribution in [0.25, 0.3) is 0 Å². The minimum atomic E-state index is -0.262. The Morgan fingerprint density at radius 3 is 2.50 bits per heavy atom. The van der Waals surface area contributed by atoms with Gasteiger partial charge in [0.05, 0.1) is 0 Å².